The zero-order chi connectivity index (χ0) is 15.1. The third kappa shape index (κ3) is 4.74. The Kier molecular flexibility index (Phi) is 6.05. The number of nitrogens with one attached hydrogen (secondary N) is 1. The maximum atomic E-state index is 11.9. The smallest absolute Gasteiger partial charge is 0.224 e. The second-order valence-electron chi connectivity index (χ2n) is 5.84. The first-order valence-electron chi connectivity index (χ1n) is 8.06. The van der Waals surface area contributed by atoms with Crippen molar-refractivity contribution >= 4 is 17.3 Å². The van der Waals surface area contributed by atoms with Gasteiger partial charge in [-0.05, 0) is 62.9 Å². The quantitative estimate of drug-likeness (QED) is 0.758. The van der Waals surface area contributed by atoms with Crippen molar-refractivity contribution in [3.63, 3.8) is 0 Å². The molecule has 116 valence electrons. The molecule has 0 spiro atoms. The molecule has 1 amide bonds. The average molecular weight is 289 g/mol. The van der Waals surface area contributed by atoms with Crippen LogP contribution in [0.1, 0.15) is 44.1 Å². The molecule has 2 rings (SSSR count). The summed E-state index contributed by atoms with van der Waals surface area (Å²) in [4.78, 5) is 14.3. The number of benzene rings is 1. The first-order chi connectivity index (χ1) is 10.2. The van der Waals surface area contributed by atoms with Crippen LogP contribution in [0.4, 0.5) is 11.4 Å². The van der Waals surface area contributed by atoms with Crippen LogP contribution in [0.3, 0.4) is 0 Å². The zero-order valence-corrected chi connectivity index (χ0v) is 13.0. The van der Waals surface area contributed by atoms with Gasteiger partial charge in [-0.2, -0.15) is 0 Å². The third-order valence-electron chi connectivity index (χ3n) is 4.06. The summed E-state index contributed by atoms with van der Waals surface area (Å²) in [7, 11) is 0. The first-order valence-corrected chi connectivity index (χ1v) is 8.06. The van der Waals surface area contributed by atoms with E-state index in [1.54, 1.807) is 0 Å². The van der Waals surface area contributed by atoms with E-state index < -0.39 is 0 Å². The fourth-order valence-electron chi connectivity index (χ4n) is 2.78. The summed E-state index contributed by atoms with van der Waals surface area (Å²) < 4.78 is 0. The predicted octanol–water partition coefficient (Wildman–Crippen LogP) is 3.05. The Labute approximate surface area is 127 Å². The molecule has 1 aliphatic heterocycles. The van der Waals surface area contributed by atoms with Gasteiger partial charge in [0.15, 0.2) is 0 Å². The SMILES string of the molecule is Cc1cc(N2CCCC2)ccc1NC(=O)CCCCCN. The number of carbonyl (C=O) groups excluding carboxylic acids is 1. The molecule has 1 fully saturated rings. The van der Waals surface area contributed by atoms with E-state index in [0.29, 0.717) is 13.0 Å². The van der Waals surface area contributed by atoms with E-state index in [1.165, 1.54) is 18.5 Å². The van der Waals surface area contributed by atoms with Gasteiger partial charge in [-0.1, -0.05) is 6.42 Å². The van der Waals surface area contributed by atoms with Crippen molar-refractivity contribution in [2.24, 2.45) is 5.73 Å². The Hall–Kier alpha value is -1.55. The van der Waals surface area contributed by atoms with Crippen LogP contribution in [-0.2, 0) is 4.79 Å². The van der Waals surface area contributed by atoms with Crippen molar-refractivity contribution in [1.29, 1.82) is 0 Å². The summed E-state index contributed by atoms with van der Waals surface area (Å²) in [5.74, 6) is 0.101. The first kappa shape index (κ1) is 15.8. The van der Waals surface area contributed by atoms with Crippen LogP contribution < -0.4 is 16.0 Å². The minimum atomic E-state index is 0.101. The van der Waals surface area contributed by atoms with Crippen molar-refractivity contribution in [2.45, 2.75) is 45.4 Å². The van der Waals surface area contributed by atoms with Gasteiger partial charge >= 0.3 is 0 Å². The molecule has 21 heavy (non-hydrogen) atoms. The second-order valence-corrected chi connectivity index (χ2v) is 5.84. The zero-order valence-electron chi connectivity index (χ0n) is 13.0. The molecule has 0 saturated carbocycles. The van der Waals surface area contributed by atoms with Gasteiger partial charge in [0.1, 0.15) is 0 Å². The van der Waals surface area contributed by atoms with Gasteiger partial charge in [0, 0.05) is 30.9 Å². The maximum absolute atomic E-state index is 11.9. The molecular weight excluding hydrogens is 262 g/mol. The highest BCUT2D eigenvalue weighted by Crippen LogP contribution is 2.25. The van der Waals surface area contributed by atoms with E-state index in [0.717, 1.165) is 43.6 Å². The molecule has 4 heteroatoms. The van der Waals surface area contributed by atoms with E-state index >= 15 is 0 Å². The molecule has 1 saturated heterocycles. The number of nitrogens with two attached hydrogens (primary N) is 1. The normalized spacial score (nSPS) is 14.5. The van der Waals surface area contributed by atoms with E-state index in [-0.39, 0.29) is 5.91 Å². The molecule has 1 aliphatic rings. The van der Waals surface area contributed by atoms with Crippen molar-refractivity contribution in [2.75, 3.05) is 29.9 Å². The lowest BCUT2D eigenvalue weighted by molar-refractivity contribution is -0.116. The van der Waals surface area contributed by atoms with E-state index in [2.05, 4.69) is 29.3 Å². The van der Waals surface area contributed by atoms with Crippen molar-refractivity contribution in [3.05, 3.63) is 23.8 Å². The molecule has 3 N–H and O–H groups in total. The number of rotatable bonds is 7. The lowest BCUT2D eigenvalue weighted by Crippen LogP contribution is -2.18. The molecule has 0 aromatic heterocycles. The number of amides is 1. The highest BCUT2D eigenvalue weighted by atomic mass is 16.1. The summed E-state index contributed by atoms with van der Waals surface area (Å²) in [5, 5.41) is 3.02. The van der Waals surface area contributed by atoms with Crippen molar-refractivity contribution < 1.29 is 4.79 Å². The van der Waals surface area contributed by atoms with Crippen LogP contribution >= 0.6 is 0 Å². The molecule has 4 nitrogen and oxygen atoms in total. The van der Waals surface area contributed by atoms with Crippen LogP contribution in [0, 0.1) is 6.92 Å². The number of nitrogens with zero attached hydrogens (tertiary/aromatic N) is 1. The number of hydrogen-bond acceptors (Lipinski definition) is 3. The summed E-state index contributed by atoms with van der Waals surface area (Å²) in [6, 6.07) is 6.32. The topological polar surface area (TPSA) is 58.4 Å². The van der Waals surface area contributed by atoms with E-state index in [1.807, 2.05) is 6.07 Å². The molecule has 1 aromatic rings. The Balaban J connectivity index is 1.86. The highest BCUT2D eigenvalue weighted by Gasteiger charge is 2.13. The summed E-state index contributed by atoms with van der Waals surface area (Å²) >= 11 is 0. The lowest BCUT2D eigenvalue weighted by Gasteiger charge is -2.19. The average Bonchev–Trinajstić information content (AvgIpc) is 3.00. The Morgan fingerprint density at radius 3 is 2.67 bits per heavy atom. The van der Waals surface area contributed by atoms with Gasteiger partial charge in [-0.15, -0.1) is 0 Å². The number of anilines is 2. The largest absolute Gasteiger partial charge is 0.372 e. The van der Waals surface area contributed by atoms with E-state index in [9.17, 15) is 4.79 Å². The summed E-state index contributed by atoms with van der Waals surface area (Å²) in [6.07, 6.45) is 6.07. The van der Waals surface area contributed by atoms with Gasteiger partial charge in [-0.25, -0.2) is 0 Å². The van der Waals surface area contributed by atoms with Crippen LogP contribution in [0.25, 0.3) is 0 Å². The number of carbonyl (C=O) groups is 1. The number of unbranched alkanes of at least 4 members (excludes halogenated alkanes) is 2. The van der Waals surface area contributed by atoms with Gasteiger partial charge < -0.3 is 16.0 Å². The molecule has 0 radical (unpaired) electrons. The fourth-order valence-corrected chi connectivity index (χ4v) is 2.78. The Bertz CT molecular complexity index is 467. The van der Waals surface area contributed by atoms with Crippen LogP contribution in [0.15, 0.2) is 18.2 Å². The minimum Gasteiger partial charge on any atom is -0.372 e. The standard InChI is InChI=1S/C17H27N3O/c1-14-13-15(20-11-5-6-12-20)8-9-16(14)19-17(21)7-3-2-4-10-18/h8-9,13H,2-7,10-12,18H2,1H3,(H,19,21). The number of hydrogen-bond donors (Lipinski definition) is 2. The Morgan fingerprint density at radius 1 is 1.24 bits per heavy atom. The molecule has 0 bridgehead atoms. The van der Waals surface area contributed by atoms with Crippen LogP contribution in [0.5, 0.6) is 0 Å². The van der Waals surface area contributed by atoms with Crippen molar-refractivity contribution in [3.8, 4) is 0 Å². The molecule has 0 atom stereocenters. The second kappa shape index (κ2) is 8.03. The Morgan fingerprint density at radius 2 is 2.00 bits per heavy atom. The molecule has 1 aromatic carbocycles. The molecule has 0 unspecified atom stereocenters. The van der Waals surface area contributed by atoms with Gasteiger partial charge in [0.25, 0.3) is 0 Å². The monoisotopic (exact) mass is 289 g/mol. The minimum absolute atomic E-state index is 0.101. The van der Waals surface area contributed by atoms with Crippen LogP contribution in [-0.4, -0.2) is 25.5 Å². The van der Waals surface area contributed by atoms with Gasteiger partial charge in [0.2, 0.25) is 5.91 Å². The maximum Gasteiger partial charge on any atom is 0.224 e. The highest BCUT2D eigenvalue weighted by molar-refractivity contribution is 5.91. The van der Waals surface area contributed by atoms with Crippen LogP contribution in [0.2, 0.25) is 0 Å². The fraction of sp³-hybridized carbons (Fsp3) is 0.588. The third-order valence-corrected chi connectivity index (χ3v) is 4.06. The van der Waals surface area contributed by atoms with E-state index in [4.69, 9.17) is 5.73 Å². The summed E-state index contributed by atoms with van der Waals surface area (Å²) in [5.41, 5.74) is 8.79. The van der Waals surface area contributed by atoms with Crippen molar-refractivity contribution in [1.82, 2.24) is 0 Å². The lowest BCUT2D eigenvalue weighted by atomic mass is 10.1. The number of aryl methyl sites for hydroxylation is 1. The summed E-state index contributed by atoms with van der Waals surface area (Å²) in [6.45, 7) is 5.06. The molecule has 0 aliphatic carbocycles. The van der Waals surface area contributed by atoms with Gasteiger partial charge in [0.05, 0.1) is 0 Å². The predicted molar refractivity (Wildman–Crippen MR) is 88.8 cm³/mol. The molecular formula is C17H27N3O. The molecule has 1 heterocycles. The van der Waals surface area contributed by atoms with Gasteiger partial charge in [-0.3, -0.25) is 4.79 Å².